The number of halogens is 1. The van der Waals surface area contributed by atoms with Gasteiger partial charge in [0.25, 0.3) is 0 Å². The zero-order valence-electron chi connectivity index (χ0n) is 17.5. The van der Waals surface area contributed by atoms with Crippen LogP contribution in [-0.2, 0) is 4.79 Å². The van der Waals surface area contributed by atoms with E-state index in [2.05, 4.69) is 0 Å². The van der Waals surface area contributed by atoms with E-state index in [0.29, 0.717) is 35.1 Å². The number of benzene rings is 3. The SMILES string of the molecule is O=C1CCCC=C1C(c1ccc(F)cc1)C(C(=O)c1ccccc1)C(=O)c1ccccc1. The Hall–Kier alpha value is -3.66. The third-order valence-corrected chi connectivity index (χ3v) is 5.87. The van der Waals surface area contributed by atoms with Gasteiger partial charge in [-0.15, -0.1) is 0 Å². The fraction of sp³-hybridized carbons (Fsp3) is 0.179. The highest BCUT2D eigenvalue weighted by molar-refractivity contribution is 6.18. The van der Waals surface area contributed by atoms with Crippen LogP contribution in [0, 0.1) is 11.7 Å². The van der Waals surface area contributed by atoms with Gasteiger partial charge in [-0.25, -0.2) is 4.39 Å². The quantitative estimate of drug-likeness (QED) is 0.345. The van der Waals surface area contributed by atoms with Crippen LogP contribution in [0.5, 0.6) is 0 Å². The van der Waals surface area contributed by atoms with Gasteiger partial charge < -0.3 is 0 Å². The van der Waals surface area contributed by atoms with E-state index in [1.54, 1.807) is 72.8 Å². The van der Waals surface area contributed by atoms with Gasteiger partial charge in [0.1, 0.15) is 5.82 Å². The fourth-order valence-electron chi connectivity index (χ4n) is 4.29. The minimum atomic E-state index is -1.14. The van der Waals surface area contributed by atoms with Crippen LogP contribution < -0.4 is 0 Å². The average Bonchev–Trinajstić information content (AvgIpc) is 2.84. The largest absolute Gasteiger partial charge is 0.295 e. The highest BCUT2D eigenvalue weighted by atomic mass is 19.1. The Bertz CT molecular complexity index is 1100. The lowest BCUT2D eigenvalue weighted by Gasteiger charge is -2.29. The van der Waals surface area contributed by atoms with E-state index in [4.69, 9.17) is 0 Å². The maximum atomic E-state index is 13.8. The van der Waals surface area contributed by atoms with Crippen molar-refractivity contribution in [1.29, 1.82) is 0 Å². The van der Waals surface area contributed by atoms with Crippen LogP contribution in [0.15, 0.2) is 96.6 Å². The molecule has 0 bridgehead atoms. The van der Waals surface area contributed by atoms with Crippen molar-refractivity contribution in [2.24, 2.45) is 5.92 Å². The molecule has 0 heterocycles. The second-order valence-electron chi connectivity index (χ2n) is 7.94. The van der Waals surface area contributed by atoms with E-state index < -0.39 is 17.7 Å². The van der Waals surface area contributed by atoms with E-state index in [-0.39, 0.29) is 17.3 Å². The minimum Gasteiger partial charge on any atom is -0.295 e. The zero-order valence-corrected chi connectivity index (χ0v) is 17.5. The van der Waals surface area contributed by atoms with Gasteiger partial charge in [-0.2, -0.15) is 0 Å². The van der Waals surface area contributed by atoms with Crippen LogP contribution in [0.3, 0.4) is 0 Å². The van der Waals surface area contributed by atoms with Gasteiger partial charge in [0.15, 0.2) is 17.3 Å². The maximum absolute atomic E-state index is 13.8. The molecule has 0 fully saturated rings. The first-order valence-corrected chi connectivity index (χ1v) is 10.7. The Kier molecular flexibility index (Phi) is 6.50. The molecule has 4 heteroatoms. The molecule has 0 amide bonds. The van der Waals surface area contributed by atoms with E-state index in [9.17, 15) is 18.8 Å². The molecule has 3 aromatic rings. The minimum absolute atomic E-state index is 0.0719. The van der Waals surface area contributed by atoms with Crippen molar-refractivity contribution in [1.82, 2.24) is 0 Å². The third kappa shape index (κ3) is 4.50. The number of ketones is 3. The molecule has 1 atom stereocenters. The van der Waals surface area contributed by atoms with Crippen LogP contribution in [-0.4, -0.2) is 17.3 Å². The predicted octanol–water partition coefficient (Wildman–Crippen LogP) is 5.97. The molecule has 160 valence electrons. The first-order chi connectivity index (χ1) is 15.6. The summed E-state index contributed by atoms with van der Waals surface area (Å²) in [6.07, 6.45) is 3.64. The van der Waals surface area contributed by atoms with Gasteiger partial charge in [0, 0.05) is 23.5 Å². The van der Waals surface area contributed by atoms with Crippen molar-refractivity contribution < 1.29 is 18.8 Å². The van der Waals surface area contributed by atoms with Gasteiger partial charge in [-0.3, -0.25) is 14.4 Å². The van der Waals surface area contributed by atoms with E-state index in [0.717, 1.165) is 6.42 Å². The molecule has 1 aliphatic rings. The molecule has 1 unspecified atom stereocenters. The van der Waals surface area contributed by atoms with Crippen molar-refractivity contribution in [2.45, 2.75) is 25.2 Å². The van der Waals surface area contributed by atoms with E-state index in [1.165, 1.54) is 12.1 Å². The van der Waals surface area contributed by atoms with Gasteiger partial charge in [0.05, 0.1) is 5.92 Å². The highest BCUT2D eigenvalue weighted by Crippen LogP contribution is 2.39. The van der Waals surface area contributed by atoms with Crippen molar-refractivity contribution in [3.63, 3.8) is 0 Å². The summed E-state index contributed by atoms with van der Waals surface area (Å²) >= 11 is 0. The smallest absolute Gasteiger partial charge is 0.174 e. The van der Waals surface area contributed by atoms with Crippen molar-refractivity contribution >= 4 is 17.3 Å². The topological polar surface area (TPSA) is 51.2 Å². The van der Waals surface area contributed by atoms with Gasteiger partial charge in [0.2, 0.25) is 0 Å². The summed E-state index contributed by atoms with van der Waals surface area (Å²) in [5.41, 5.74) is 1.84. The number of Topliss-reactive ketones (excluding diaryl/α,β-unsaturated/α-hetero) is 3. The lowest BCUT2D eigenvalue weighted by Crippen LogP contribution is -2.34. The number of rotatable bonds is 7. The summed E-state index contributed by atoms with van der Waals surface area (Å²) in [6, 6.07) is 23.0. The molecule has 0 N–H and O–H groups in total. The normalized spacial score (nSPS) is 14.7. The molecule has 0 saturated heterocycles. The molecule has 0 saturated carbocycles. The van der Waals surface area contributed by atoms with Crippen molar-refractivity contribution in [2.75, 3.05) is 0 Å². The fourth-order valence-corrected chi connectivity index (χ4v) is 4.29. The van der Waals surface area contributed by atoms with E-state index in [1.807, 2.05) is 6.08 Å². The Morgan fingerprint density at radius 2 is 1.28 bits per heavy atom. The van der Waals surface area contributed by atoms with Gasteiger partial charge >= 0.3 is 0 Å². The summed E-state index contributed by atoms with van der Waals surface area (Å²) in [6.45, 7) is 0. The summed E-state index contributed by atoms with van der Waals surface area (Å²) in [7, 11) is 0. The molecule has 0 aromatic heterocycles. The number of hydrogen-bond donors (Lipinski definition) is 0. The first kappa shape index (κ1) is 21.6. The second-order valence-corrected chi connectivity index (χ2v) is 7.94. The van der Waals surface area contributed by atoms with Crippen molar-refractivity contribution in [3.8, 4) is 0 Å². The molecular formula is C28H23FO3. The summed E-state index contributed by atoms with van der Waals surface area (Å²) in [5, 5.41) is 0. The molecule has 0 aliphatic heterocycles. The first-order valence-electron chi connectivity index (χ1n) is 10.7. The maximum Gasteiger partial charge on any atom is 0.174 e. The number of carbonyl (C=O) groups is 3. The molecule has 0 spiro atoms. The Morgan fingerprint density at radius 1 is 0.750 bits per heavy atom. The zero-order chi connectivity index (χ0) is 22.5. The number of allylic oxidation sites excluding steroid dienone is 2. The Morgan fingerprint density at radius 3 is 1.78 bits per heavy atom. The lowest BCUT2D eigenvalue weighted by molar-refractivity contribution is -0.116. The van der Waals surface area contributed by atoms with Crippen LogP contribution in [0.2, 0.25) is 0 Å². The van der Waals surface area contributed by atoms with Crippen molar-refractivity contribution in [3.05, 3.63) is 119 Å². The van der Waals surface area contributed by atoms with Crippen LogP contribution in [0.1, 0.15) is 51.5 Å². The predicted molar refractivity (Wildman–Crippen MR) is 121 cm³/mol. The molecule has 4 rings (SSSR count). The molecule has 3 nitrogen and oxygen atoms in total. The standard InChI is InChI=1S/C28H23FO3/c29-22-17-15-19(16-18-22)25(23-13-7-8-14-24(23)30)26(27(31)20-9-3-1-4-10-20)28(32)21-11-5-2-6-12-21/h1-6,9-13,15-18,25-26H,7-8,14H2. The molecule has 0 radical (unpaired) electrons. The summed E-state index contributed by atoms with van der Waals surface area (Å²) < 4.78 is 13.7. The number of carbonyl (C=O) groups excluding carboxylic acids is 3. The van der Waals surface area contributed by atoms with Gasteiger partial charge in [-0.05, 0) is 36.1 Å². The molecule has 3 aromatic carbocycles. The van der Waals surface area contributed by atoms with Crippen LogP contribution in [0.4, 0.5) is 4.39 Å². The lowest BCUT2D eigenvalue weighted by atomic mass is 9.71. The summed E-state index contributed by atoms with van der Waals surface area (Å²) in [5.74, 6) is -3.13. The van der Waals surface area contributed by atoms with Crippen LogP contribution >= 0.6 is 0 Å². The highest BCUT2D eigenvalue weighted by Gasteiger charge is 2.40. The molecule has 1 aliphatic carbocycles. The van der Waals surface area contributed by atoms with Gasteiger partial charge in [-0.1, -0.05) is 78.9 Å². The third-order valence-electron chi connectivity index (χ3n) is 5.87. The monoisotopic (exact) mass is 426 g/mol. The van der Waals surface area contributed by atoms with Crippen LogP contribution in [0.25, 0.3) is 0 Å². The summed E-state index contributed by atoms with van der Waals surface area (Å²) in [4.78, 5) is 40.4. The average molecular weight is 426 g/mol. The molecular weight excluding hydrogens is 403 g/mol. The molecule has 32 heavy (non-hydrogen) atoms. The Labute approximate surface area is 186 Å². The number of hydrogen-bond acceptors (Lipinski definition) is 3. The van der Waals surface area contributed by atoms with E-state index >= 15 is 0 Å². The second kappa shape index (κ2) is 9.65. The Balaban J connectivity index is 1.90.